The summed E-state index contributed by atoms with van der Waals surface area (Å²) in [6, 6.07) is 10.3. The third-order valence-electron chi connectivity index (χ3n) is 2.66. The lowest BCUT2D eigenvalue weighted by atomic mass is 10.2. The van der Waals surface area contributed by atoms with E-state index in [0.717, 1.165) is 10.0 Å². The number of rotatable bonds is 1. The van der Waals surface area contributed by atoms with Gasteiger partial charge in [-0.05, 0) is 30.3 Å². The molecule has 18 heavy (non-hydrogen) atoms. The topological polar surface area (TPSA) is 54.7 Å². The van der Waals surface area contributed by atoms with Gasteiger partial charge in [0.1, 0.15) is 11.3 Å². The molecule has 0 unspecified atom stereocenters. The van der Waals surface area contributed by atoms with Crippen LogP contribution in [0.15, 0.2) is 40.9 Å². The maximum atomic E-state index is 13.6. The van der Waals surface area contributed by atoms with Crippen LogP contribution in [0, 0.1) is 5.82 Å². The Morgan fingerprint density at radius 2 is 2.06 bits per heavy atom. The summed E-state index contributed by atoms with van der Waals surface area (Å²) < 4.78 is 14.4. The molecule has 5 heteroatoms. The second kappa shape index (κ2) is 4.10. The van der Waals surface area contributed by atoms with Gasteiger partial charge in [0.2, 0.25) is 0 Å². The molecule has 3 rings (SSSR count). The smallest absolute Gasteiger partial charge is 0.151 e. The molecule has 0 aliphatic heterocycles. The molecular formula is C13H9BrFN3. The van der Waals surface area contributed by atoms with E-state index < -0.39 is 0 Å². The third kappa shape index (κ3) is 1.86. The Hall–Kier alpha value is -1.88. The van der Waals surface area contributed by atoms with E-state index in [1.807, 2.05) is 6.07 Å². The highest BCUT2D eigenvalue weighted by atomic mass is 79.9. The fourth-order valence-corrected chi connectivity index (χ4v) is 2.39. The van der Waals surface area contributed by atoms with Crippen molar-refractivity contribution in [2.24, 2.45) is 0 Å². The molecule has 0 saturated carbocycles. The molecule has 0 atom stereocenters. The number of fused-ring (bicyclic) bond motifs is 1. The summed E-state index contributed by atoms with van der Waals surface area (Å²) in [5, 5.41) is 0. The van der Waals surface area contributed by atoms with Gasteiger partial charge in [-0.1, -0.05) is 22.0 Å². The minimum Gasteiger partial charge on any atom is -0.399 e. The summed E-state index contributed by atoms with van der Waals surface area (Å²) >= 11 is 3.37. The van der Waals surface area contributed by atoms with Crippen molar-refractivity contribution in [1.82, 2.24) is 9.97 Å². The van der Waals surface area contributed by atoms with Crippen LogP contribution < -0.4 is 5.73 Å². The lowest BCUT2D eigenvalue weighted by molar-refractivity contribution is 0.637. The number of hydrogen-bond acceptors (Lipinski definition) is 2. The molecule has 3 N–H and O–H groups in total. The zero-order valence-electron chi connectivity index (χ0n) is 9.24. The second-order valence-corrected chi connectivity index (χ2v) is 4.91. The van der Waals surface area contributed by atoms with Crippen LogP contribution in [-0.2, 0) is 0 Å². The van der Waals surface area contributed by atoms with E-state index in [2.05, 4.69) is 25.9 Å². The molecule has 3 aromatic rings. The van der Waals surface area contributed by atoms with Gasteiger partial charge >= 0.3 is 0 Å². The summed E-state index contributed by atoms with van der Waals surface area (Å²) in [5.74, 6) is 0.265. The average molecular weight is 306 g/mol. The van der Waals surface area contributed by atoms with Crippen molar-refractivity contribution in [3.8, 4) is 11.4 Å². The number of nitrogens with zero attached hydrogens (tertiary/aromatic N) is 1. The summed E-state index contributed by atoms with van der Waals surface area (Å²) in [6.07, 6.45) is 0. The quantitative estimate of drug-likeness (QED) is 0.673. The number of aromatic amines is 1. The van der Waals surface area contributed by atoms with E-state index in [-0.39, 0.29) is 5.82 Å². The molecule has 0 aliphatic carbocycles. The van der Waals surface area contributed by atoms with E-state index in [0.29, 0.717) is 22.5 Å². The SMILES string of the molecule is Nc1cc(Br)cc(-c2nc3c(F)cccc3[nH]2)c1. The number of para-hydroxylation sites is 1. The van der Waals surface area contributed by atoms with Crippen LogP contribution in [0.1, 0.15) is 0 Å². The van der Waals surface area contributed by atoms with Crippen molar-refractivity contribution in [3.63, 3.8) is 0 Å². The molecule has 90 valence electrons. The maximum absolute atomic E-state index is 13.6. The molecule has 0 bridgehead atoms. The van der Waals surface area contributed by atoms with Gasteiger partial charge in [0.05, 0.1) is 5.52 Å². The van der Waals surface area contributed by atoms with Crippen molar-refractivity contribution in [2.75, 3.05) is 5.73 Å². The normalized spacial score (nSPS) is 11.0. The predicted molar refractivity (Wildman–Crippen MR) is 73.6 cm³/mol. The first-order valence-corrected chi connectivity index (χ1v) is 6.13. The first-order valence-electron chi connectivity index (χ1n) is 5.34. The second-order valence-electron chi connectivity index (χ2n) is 3.99. The van der Waals surface area contributed by atoms with E-state index >= 15 is 0 Å². The summed E-state index contributed by atoms with van der Waals surface area (Å²) in [5.41, 5.74) is 8.23. The van der Waals surface area contributed by atoms with Crippen LogP contribution in [0.3, 0.4) is 0 Å². The number of nitrogen functional groups attached to an aromatic ring is 1. The highest BCUT2D eigenvalue weighted by Gasteiger charge is 2.09. The van der Waals surface area contributed by atoms with Crippen molar-refractivity contribution in [2.45, 2.75) is 0 Å². The standard InChI is InChI=1S/C13H9BrFN3/c14-8-4-7(5-9(16)6-8)13-17-11-3-1-2-10(15)12(11)18-13/h1-6H,16H2,(H,17,18). The number of hydrogen-bond donors (Lipinski definition) is 2. The number of nitrogens with two attached hydrogens (primary N) is 1. The van der Waals surface area contributed by atoms with Gasteiger partial charge in [-0.3, -0.25) is 0 Å². The molecule has 0 aliphatic rings. The number of aromatic nitrogens is 2. The average Bonchev–Trinajstić information content (AvgIpc) is 2.73. The number of nitrogens with one attached hydrogen (secondary N) is 1. The van der Waals surface area contributed by atoms with E-state index in [4.69, 9.17) is 5.73 Å². The summed E-state index contributed by atoms with van der Waals surface area (Å²) in [7, 11) is 0. The lowest BCUT2D eigenvalue weighted by Crippen LogP contribution is -1.87. The van der Waals surface area contributed by atoms with E-state index in [9.17, 15) is 4.39 Å². The Balaban J connectivity index is 2.22. The number of benzene rings is 2. The fourth-order valence-electron chi connectivity index (χ4n) is 1.88. The van der Waals surface area contributed by atoms with Gasteiger partial charge in [0, 0.05) is 15.7 Å². The van der Waals surface area contributed by atoms with Crippen LogP contribution in [0.25, 0.3) is 22.4 Å². The van der Waals surface area contributed by atoms with Gasteiger partial charge in [-0.2, -0.15) is 0 Å². The maximum Gasteiger partial charge on any atom is 0.151 e. The largest absolute Gasteiger partial charge is 0.399 e. The molecule has 2 aromatic carbocycles. The Kier molecular flexibility index (Phi) is 2.56. The first kappa shape index (κ1) is 11.2. The van der Waals surface area contributed by atoms with Gasteiger partial charge in [0.25, 0.3) is 0 Å². The Labute approximate surface area is 111 Å². The molecule has 0 spiro atoms. The van der Waals surface area contributed by atoms with Crippen molar-refractivity contribution in [3.05, 3.63) is 46.7 Å². The first-order chi connectivity index (χ1) is 8.63. The molecule has 0 amide bonds. The van der Waals surface area contributed by atoms with Crippen LogP contribution in [-0.4, -0.2) is 9.97 Å². The molecule has 0 fully saturated rings. The Bertz CT molecular complexity index is 716. The number of halogens is 2. The molecule has 0 radical (unpaired) electrons. The highest BCUT2D eigenvalue weighted by Crippen LogP contribution is 2.26. The van der Waals surface area contributed by atoms with E-state index in [1.165, 1.54) is 6.07 Å². The van der Waals surface area contributed by atoms with Crippen molar-refractivity contribution < 1.29 is 4.39 Å². The summed E-state index contributed by atoms with van der Waals surface area (Å²) in [6.45, 7) is 0. The number of anilines is 1. The number of H-pyrrole nitrogens is 1. The van der Waals surface area contributed by atoms with E-state index in [1.54, 1.807) is 24.3 Å². The molecule has 1 aromatic heterocycles. The Morgan fingerprint density at radius 3 is 2.78 bits per heavy atom. The Morgan fingerprint density at radius 1 is 1.22 bits per heavy atom. The molecular weight excluding hydrogens is 297 g/mol. The molecule has 0 saturated heterocycles. The van der Waals surface area contributed by atoms with Gasteiger partial charge < -0.3 is 10.7 Å². The van der Waals surface area contributed by atoms with Crippen molar-refractivity contribution in [1.29, 1.82) is 0 Å². The third-order valence-corrected chi connectivity index (χ3v) is 3.11. The van der Waals surface area contributed by atoms with Crippen LogP contribution in [0.2, 0.25) is 0 Å². The van der Waals surface area contributed by atoms with Gasteiger partial charge in [0.15, 0.2) is 5.82 Å². The van der Waals surface area contributed by atoms with Crippen LogP contribution in [0.5, 0.6) is 0 Å². The predicted octanol–water partition coefficient (Wildman–Crippen LogP) is 3.71. The minimum atomic E-state index is -0.335. The van der Waals surface area contributed by atoms with Crippen LogP contribution in [0.4, 0.5) is 10.1 Å². The summed E-state index contributed by atoms with van der Waals surface area (Å²) in [4.78, 5) is 7.34. The monoisotopic (exact) mass is 305 g/mol. The zero-order chi connectivity index (χ0) is 12.7. The van der Waals surface area contributed by atoms with Gasteiger partial charge in [-0.15, -0.1) is 0 Å². The molecule has 3 nitrogen and oxygen atoms in total. The molecule has 1 heterocycles. The number of imidazole rings is 1. The van der Waals surface area contributed by atoms with Crippen LogP contribution >= 0.6 is 15.9 Å². The highest BCUT2D eigenvalue weighted by molar-refractivity contribution is 9.10. The van der Waals surface area contributed by atoms with Gasteiger partial charge in [-0.25, -0.2) is 9.37 Å². The van der Waals surface area contributed by atoms with Crippen molar-refractivity contribution >= 4 is 32.7 Å². The fraction of sp³-hybridized carbons (Fsp3) is 0. The lowest BCUT2D eigenvalue weighted by Gasteiger charge is -2.00. The minimum absolute atomic E-state index is 0.335. The zero-order valence-corrected chi connectivity index (χ0v) is 10.8.